The Bertz CT molecular complexity index is 264. The highest BCUT2D eigenvalue weighted by Crippen LogP contribution is 2.15. The zero-order valence-electron chi connectivity index (χ0n) is 6.65. The van der Waals surface area contributed by atoms with E-state index in [1.54, 1.807) is 0 Å². The number of rotatable bonds is 3. The van der Waals surface area contributed by atoms with Crippen LogP contribution in [-0.2, 0) is 11.2 Å². The van der Waals surface area contributed by atoms with E-state index in [-0.39, 0.29) is 6.42 Å². The zero-order valence-corrected chi connectivity index (χ0v) is 7.47. The predicted octanol–water partition coefficient (Wildman–Crippen LogP) is 1.13. The molecule has 0 bridgehead atoms. The van der Waals surface area contributed by atoms with Gasteiger partial charge in [0.15, 0.2) is 5.60 Å². The molecule has 1 aromatic rings. The third kappa shape index (κ3) is 2.06. The first-order valence-corrected chi connectivity index (χ1v) is 4.43. The maximum atomic E-state index is 10.5. The van der Waals surface area contributed by atoms with E-state index < -0.39 is 11.6 Å². The van der Waals surface area contributed by atoms with Crippen molar-refractivity contribution in [2.75, 3.05) is 0 Å². The quantitative estimate of drug-likeness (QED) is 0.743. The SMILES string of the molecule is CC(O)(Cc1ccsc1)C(=O)O. The van der Waals surface area contributed by atoms with Crippen LogP contribution in [0.2, 0.25) is 0 Å². The lowest BCUT2D eigenvalue weighted by atomic mass is 9.99. The van der Waals surface area contributed by atoms with Crippen LogP contribution in [0.3, 0.4) is 0 Å². The van der Waals surface area contributed by atoms with Crippen LogP contribution in [0.1, 0.15) is 12.5 Å². The fraction of sp³-hybridized carbons (Fsp3) is 0.375. The van der Waals surface area contributed by atoms with Gasteiger partial charge < -0.3 is 10.2 Å². The van der Waals surface area contributed by atoms with E-state index in [2.05, 4.69) is 0 Å². The van der Waals surface area contributed by atoms with E-state index in [0.29, 0.717) is 0 Å². The Hall–Kier alpha value is -0.870. The number of carbonyl (C=O) groups is 1. The second-order valence-electron chi connectivity index (χ2n) is 2.89. The molecular formula is C8H10O3S. The van der Waals surface area contributed by atoms with Crippen LogP contribution in [0.15, 0.2) is 16.8 Å². The van der Waals surface area contributed by atoms with Crippen LogP contribution in [0.4, 0.5) is 0 Å². The van der Waals surface area contributed by atoms with Crippen molar-refractivity contribution in [3.05, 3.63) is 22.4 Å². The summed E-state index contributed by atoms with van der Waals surface area (Å²) in [5.41, 5.74) is -0.798. The van der Waals surface area contributed by atoms with Gasteiger partial charge in [-0.25, -0.2) is 4.79 Å². The first-order valence-electron chi connectivity index (χ1n) is 3.49. The van der Waals surface area contributed by atoms with Crippen LogP contribution in [0, 0.1) is 0 Å². The Morgan fingerprint density at radius 3 is 2.83 bits per heavy atom. The van der Waals surface area contributed by atoms with Gasteiger partial charge in [0.2, 0.25) is 0 Å². The van der Waals surface area contributed by atoms with E-state index in [1.807, 2.05) is 16.8 Å². The second kappa shape index (κ2) is 3.25. The summed E-state index contributed by atoms with van der Waals surface area (Å²) in [5, 5.41) is 21.6. The molecule has 0 fully saturated rings. The first kappa shape index (κ1) is 9.22. The Kier molecular flexibility index (Phi) is 2.49. The number of hydrogen-bond donors (Lipinski definition) is 2. The zero-order chi connectivity index (χ0) is 9.19. The minimum atomic E-state index is -1.65. The van der Waals surface area contributed by atoms with Crippen LogP contribution >= 0.6 is 11.3 Å². The lowest BCUT2D eigenvalue weighted by Crippen LogP contribution is -2.36. The highest BCUT2D eigenvalue weighted by Gasteiger charge is 2.29. The summed E-state index contributed by atoms with van der Waals surface area (Å²) in [7, 11) is 0. The topological polar surface area (TPSA) is 57.5 Å². The Morgan fingerprint density at radius 1 is 1.75 bits per heavy atom. The van der Waals surface area contributed by atoms with Crippen molar-refractivity contribution in [3.63, 3.8) is 0 Å². The summed E-state index contributed by atoms with van der Waals surface area (Å²) < 4.78 is 0. The van der Waals surface area contributed by atoms with Gasteiger partial charge in [-0.15, -0.1) is 0 Å². The number of hydrogen-bond acceptors (Lipinski definition) is 3. The molecule has 3 nitrogen and oxygen atoms in total. The van der Waals surface area contributed by atoms with Crippen LogP contribution in [-0.4, -0.2) is 21.8 Å². The molecule has 1 unspecified atom stereocenters. The molecule has 0 spiro atoms. The molecule has 1 rings (SSSR count). The smallest absolute Gasteiger partial charge is 0.335 e. The molecule has 2 N–H and O–H groups in total. The van der Waals surface area contributed by atoms with Crippen molar-refractivity contribution in [3.8, 4) is 0 Å². The van der Waals surface area contributed by atoms with Crippen molar-refractivity contribution < 1.29 is 15.0 Å². The average molecular weight is 186 g/mol. The fourth-order valence-electron chi connectivity index (χ4n) is 0.866. The molecule has 1 aromatic heterocycles. The molecular weight excluding hydrogens is 176 g/mol. The Morgan fingerprint density at radius 2 is 2.42 bits per heavy atom. The van der Waals surface area contributed by atoms with Gasteiger partial charge in [-0.05, 0) is 29.3 Å². The van der Waals surface area contributed by atoms with Crippen molar-refractivity contribution in [1.29, 1.82) is 0 Å². The predicted molar refractivity (Wildman–Crippen MR) is 46.3 cm³/mol. The molecule has 0 aliphatic carbocycles. The summed E-state index contributed by atoms with van der Waals surface area (Å²) >= 11 is 1.49. The number of aliphatic carboxylic acids is 1. The van der Waals surface area contributed by atoms with E-state index in [0.717, 1.165) is 5.56 Å². The molecule has 0 amide bonds. The number of thiophene rings is 1. The lowest BCUT2D eigenvalue weighted by molar-refractivity contribution is -0.156. The van der Waals surface area contributed by atoms with E-state index in [1.165, 1.54) is 18.3 Å². The molecule has 4 heteroatoms. The van der Waals surface area contributed by atoms with Crippen molar-refractivity contribution >= 4 is 17.3 Å². The molecule has 0 radical (unpaired) electrons. The van der Waals surface area contributed by atoms with Crippen LogP contribution < -0.4 is 0 Å². The van der Waals surface area contributed by atoms with Gasteiger partial charge in [0.25, 0.3) is 0 Å². The molecule has 0 saturated carbocycles. The monoisotopic (exact) mass is 186 g/mol. The van der Waals surface area contributed by atoms with Gasteiger partial charge >= 0.3 is 5.97 Å². The molecule has 66 valence electrons. The van der Waals surface area contributed by atoms with Gasteiger partial charge in [-0.1, -0.05) is 0 Å². The van der Waals surface area contributed by atoms with E-state index in [9.17, 15) is 9.90 Å². The van der Waals surface area contributed by atoms with Gasteiger partial charge in [0, 0.05) is 6.42 Å². The summed E-state index contributed by atoms with van der Waals surface area (Å²) in [6.07, 6.45) is 0.159. The number of aliphatic hydroxyl groups is 1. The van der Waals surface area contributed by atoms with Crippen LogP contribution in [0.5, 0.6) is 0 Å². The standard InChI is InChI=1S/C8H10O3S/c1-8(11,7(9)10)4-6-2-3-12-5-6/h2-3,5,11H,4H2,1H3,(H,9,10). The minimum absolute atomic E-state index is 0.159. The highest BCUT2D eigenvalue weighted by molar-refractivity contribution is 7.07. The molecule has 1 atom stereocenters. The van der Waals surface area contributed by atoms with E-state index >= 15 is 0 Å². The molecule has 0 saturated heterocycles. The molecule has 1 heterocycles. The van der Waals surface area contributed by atoms with Gasteiger partial charge in [0.05, 0.1) is 0 Å². The summed E-state index contributed by atoms with van der Waals surface area (Å²) in [6, 6.07) is 1.81. The van der Waals surface area contributed by atoms with Gasteiger partial charge in [-0.3, -0.25) is 0 Å². The number of carboxylic acids is 1. The highest BCUT2D eigenvalue weighted by atomic mass is 32.1. The van der Waals surface area contributed by atoms with Gasteiger partial charge in [-0.2, -0.15) is 11.3 Å². The van der Waals surface area contributed by atoms with E-state index in [4.69, 9.17) is 5.11 Å². The summed E-state index contributed by atoms with van der Waals surface area (Å²) in [6.45, 7) is 1.30. The normalized spacial score (nSPS) is 15.5. The third-order valence-electron chi connectivity index (χ3n) is 1.59. The van der Waals surface area contributed by atoms with Crippen molar-refractivity contribution in [2.24, 2.45) is 0 Å². The number of carboxylic acid groups (broad SMARTS) is 1. The fourth-order valence-corrected chi connectivity index (χ4v) is 1.53. The summed E-state index contributed by atoms with van der Waals surface area (Å²) in [5.74, 6) is -1.19. The maximum absolute atomic E-state index is 10.5. The minimum Gasteiger partial charge on any atom is -0.479 e. The molecule has 12 heavy (non-hydrogen) atoms. The largest absolute Gasteiger partial charge is 0.479 e. The third-order valence-corrected chi connectivity index (χ3v) is 2.32. The Balaban J connectivity index is 2.69. The Labute approximate surface area is 74.3 Å². The van der Waals surface area contributed by atoms with Gasteiger partial charge in [0.1, 0.15) is 0 Å². The van der Waals surface area contributed by atoms with Crippen molar-refractivity contribution in [2.45, 2.75) is 18.9 Å². The lowest BCUT2D eigenvalue weighted by Gasteiger charge is -2.16. The average Bonchev–Trinajstić information content (AvgIpc) is 2.38. The second-order valence-corrected chi connectivity index (χ2v) is 3.67. The molecule has 0 aliphatic heterocycles. The van der Waals surface area contributed by atoms with Crippen molar-refractivity contribution in [1.82, 2.24) is 0 Å². The molecule has 0 aromatic carbocycles. The van der Waals surface area contributed by atoms with Crippen LogP contribution in [0.25, 0.3) is 0 Å². The maximum Gasteiger partial charge on any atom is 0.335 e. The first-order chi connectivity index (χ1) is 5.52. The summed E-state index contributed by atoms with van der Waals surface area (Å²) in [4.78, 5) is 10.5. The molecule has 0 aliphatic rings.